The van der Waals surface area contributed by atoms with Gasteiger partial charge >= 0.3 is 0 Å². The summed E-state index contributed by atoms with van der Waals surface area (Å²) in [6.07, 6.45) is 2.32. The second kappa shape index (κ2) is 7.14. The first kappa shape index (κ1) is 14.7. The highest BCUT2D eigenvalue weighted by atomic mass is 32.1. The van der Waals surface area contributed by atoms with E-state index in [0.717, 1.165) is 13.0 Å². The Morgan fingerprint density at radius 3 is 2.59 bits per heavy atom. The molecule has 0 saturated carbocycles. The summed E-state index contributed by atoms with van der Waals surface area (Å²) in [4.78, 5) is 3.91. The van der Waals surface area contributed by atoms with E-state index in [0.29, 0.717) is 18.0 Å². The summed E-state index contributed by atoms with van der Waals surface area (Å²) in [5, 5.41) is 2.15. The standard InChI is InChI=1S/C14H26N2S/c1-5-11(2)14(10-15)16(4)12(3)9-13-7-6-8-17-13/h6-8,11-12,14H,5,9-10,15H2,1-4H3. The molecule has 3 unspecified atom stereocenters. The zero-order valence-electron chi connectivity index (χ0n) is 11.5. The monoisotopic (exact) mass is 254 g/mol. The fourth-order valence-corrected chi connectivity index (χ4v) is 3.09. The Labute approximate surface area is 110 Å². The molecule has 0 fully saturated rings. The van der Waals surface area contributed by atoms with Crippen molar-refractivity contribution in [2.75, 3.05) is 13.6 Å². The minimum atomic E-state index is 0.495. The molecule has 0 aliphatic heterocycles. The van der Waals surface area contributed by atoms with E-state index in [1.807, 2.05) is 11.3 Å². The van der Waals surface area contributed by atoms with Crippen molar-refractivity contribution in [3.05, 3.63) is 22.4 Å². The molecule has 0 saturated heterocycles. The average molecular weight is 254 g/mol. The third-order valence-corrected chi connectivity index (χ3v) is 4.74. The van der Waals surface area contributed by atoms with E-state index in [9.17, 15) is 0 Å². The first-order chi connectivity index (χ1) is 8.10. The number of thiophene rings is 1. The van der Waals surface area contributed by atoms with Crippen molar-refractivity contribution in [2.24, 2.45) is 11.7 Å². The minimum absolute atomic E-state index is 0.495. The van der Waals surface area contributed by atoms with Crippen LogP contribution in [0.15, 0.2) is 17.5 Å². The highest BCUT2D eigenvalue weighted by molar-refractivity contribution is 7.09. The van der Waals surface area contributed by atoms with Crippen molar-refractivity contribution < 1.29 is 0 Å². The fraction of sp³-hybridized carbons (Fsp3) is 0.714. The van der Waals surface area contributed by atoms with E-state index in [4.69, 9.17) is 5.73 Å². The lowest BCUT2D eigenvalue weighted by molar-refractivity contribution is 0.140. The smallest absolute Gasteiger partial charge is 0.0243 e. The molecule has 1 aromatic rings. The van der Waals surface area contributed by atoms with Crippen LogP contribution in [0, 0.1) is 5.92 Å². The number of hydrogen-bond donors (Lipinski definition) is 1. The summed E-state index contributed by atoms with van der Waals surface area (Å²) in [7, 11) is 2.21. The summed E-state index contributed by atoms with van der Waals surface area (Å²) in [6.45, 7) is 7.59. The molecular weight excluding hydrogens is 228 g/mol. The van der Waals surface area contributed by atoms with Crippen LogP contribution in [0.3, 0.4) is 0 Å². The highest BCUT2D eigenvalue weighted by Crippen LogP contribution is 2.19. The zero-order valence-corrected chi connectivity index (χ0v) is 12.3. The van der Waals surface area contributed by atoms with Crippen LogP contribution in [0.25, 0.3) is 0 Å². The molecule has 0 aromatic carbocycles. The van der Waals surface area contributed by atoms with Crippen molar-refractivity contribution in [2.45, 2.75) is 45.7 Å². The number of nitrogens with zero attached hydrogens (tertiary/aromatic N) is 1. The van der Waals surface area contributed by atoms with Crippen molar-refractivity contribution in [3.63, 3.8) is 0 Å². The van der Waals surface area contributed by atoms with Crippen LogP contribution in [0.5, 0.6) is 0 Å². The predicted molar refractivity (Wildman–Crippen MR) is 77.5 cm³/mol. The van der Waals surface area contributed by atoms with Gasteiger partial charge < -0.3 is 5.73 Å². The van der Waals surface area contributed by atoms with Gasteiger partial charge in [-0.25, -0.2) is 0 Å². The maximum Gasteiger partial charge on any atom is 0.0243 e. The Hall–Kier alpha value is -0.380. The van der Waals surface area contributed by atoms with Gasteiger partial charge in [-0.2, -0.15) is 0 Å². The molecule has 3 atom stereocenters. The molecule has 2 N–H and O–H groups in total. The molecule has 0 aliphatic rings. The predicted octanol–water partition coefficient (Wildman–Crippen LogP) is 2.98. The van der Waals surface area contributed by atoms with Crippen molar-refractivity contribution in [1.82, 2.24) is 4.90 Å². The third-order valence-electron chi connectivity index (χ3n) is 3.84. The molecule has 1 aromatic heterocycles. The molecule has 2 nitrogen and oxygen atoms in total. The Bertz CT molecular complexity index is 297. The molecule has 0 aliphatic carbocycles. The van der Waals surface area contributed by atoms with Gasteiger partial charge in [0.15, 0.2) is 0 Å². The van der Waals surface area contributed by atoms with Crippen LogP contribution < -0.4 is 5.73 Å². The second-order valence-corrected chi connectivity index (χ2v) is 6.02. The highest BCUT2D eigenvalue weighted by Gasteiger charge is 2.23. The molecule has 0 bridgehead atoms. The van der Waals surface area contributed by atoms with Crippen molar-refractivity contribution in [1.29, 1.82) is 0 Å². The van der Waals surface area contributed by atoms with Crippen LogP contribution in [-0.4, -0.2) is 30.6 Å². The molecule has 0 radical (unpaired) electrons. The van der Waals surface area contributed by atoms with Crippen LogP contribution in [0.1, 0.15) is 32.1 Å². The van der Waals surface area contributed by atoms with Crippen LogP contribution >= 0.6 is 11.3 Å². The Morgan fingerprint density at radius 1 is 1.41 bits per heavy atom. The second-order valence-electron chi connectivity index (χ2n) is 4.99. The van der Waals surface area contributed by atoms with Gasteiger partial charge in [0.25, 0.3) is 0 Å². The Morgan fingerprint density at radius 2 is 2.12 bits per heavy atom. The Kier molecular flexibility index (Phi) is 6.17. The summed E-state index contributed by atoms with van der Waals surface area (Å²) in [5.41, 5.74) is 5.92. The summed E-state index contributed by atoms with van der Waals surface area (Å²) in [5.74, 6) is 0.663. The number of likely N-dealkylation sites (N-methyl/N-ethyl adjacent to an activating group) is 1. The van der Waals surface area contributed by atoms with Crippen molar-refractivity contribution >= 4 is 11.3 Å². The van der Waals surface area contributed by atoms with Gasteiger partial charge in [-0.15, -0.1) is 11.3 Å². The normalized spacial score (nSPS) is 17.1. The topological polar surface area (TPSA) is 29.3 Å². The molecule has 98 valence electrons. The van der Waals surface area contributed by atoms with E-state index in [2.05, 4.69) is 50.2 Å². The molecule has 3 heteroatoms. The fourth-order valence-electron chi connectivity index (χ4n) is 2.26. The van der Waals surface area contributed by atoms with E-state index in [-0.39, 0.29) is 0 Å². The Balaban J connectivity index is 2.57. The first-order valence-corrected chi connectivity index (χ1v) is 7.42. The number of hydrogen-bond acceptors (Lipinski definition) is 3. The van der Waals surface area contributed by atoms with Crippen LogP contribution in [0.4, 0.5) is 0 Å². The van der Waals surface area contributed by atoms with E-state index < -0.39 is 0 Å². The van der Waals surface area contributed by atoms with Gasteiger partial charge in [0.1, 0.15) is 0 Å². The number of rotatable bonds is 7. The van der Waals surface area contributed by atoms with Gasteiger partial charge in [0.05, 0.1) is 0 Å². The molecule has 0 amide bonds. The SMILES string of the molecule is CCC(C)C(CN)N(C)C(C)Cc1cccs1. The van der Waals surface area contributed by atoms with Gasteiger partial charge in [-0.05, 0) is 37.8 Å². The van der Waals surface area contributed by atoms with Gasteiger partial charge in [0.2, 0.25) is 0 Å². The summed E-state index contributed by atoms with van der Waals surface area (Å²) < 4.78 is 0. The quantitative estimate of drug-likeness (QED) is 0.810. The molecule has 17 heavy (non-hydrogen) atoms. The molecular formula is C14H26N2S. The first-order valence-electron chi connectivity index (χ1n) is 6.54. The van der Waals surface area contributed by atoms with E-state index >= 15 is 0 Å². The lowest BCUT2D eigenvalue weighted by Gasteiger charge is -2.36. The summed E-state index contributed by atoms with van der Waals surface area (Å²) >= 11 is 1.84. The minimum Gasteiger partial charge on any atom is -0.329 e. The maximum atomic E-state index is 5.92. The average Bonchev–Trinajstić information content (AvgIpc) is 2.82. The lowest BCUT2D eigenvalue weighted by atomic mass is 9.96. The van der Waals surface area contributed by atoms with Gasteiger partial charge in [-0.1, -0.05) is 26.3 Å². The maximum absolute atomic E-state index is 5.92. The summed E-state index contributed by atoms with van der Waals surface area (Å²) in [6, 6.07) is 5.39. The molecule has 1 rings (SSSR count). The van der Waals surface area contributed by atoms with Gasteiger partial charge in [-0.3, -0.25) is 4.90 Å². The molecule has 1 heterocycles. The van der Waals surface area contributed by atoms with Crippen LogP contribution in [0.2, 0.25) is 0 Å². The lowest BCUT2D eigenvalue weighted by Crippen LogP contribution is -2.47. The zero-order chi connectivity index (χ0) is 12.8. The third kappa shape index (κ3) is 4.09. The van der Waals surface area contributed by atoms with E-state index in [1.54, 1.807) is 0 Å². The van der Waals surface area contributed by atoms with Crippen molar-refractivity contribution in [3.8, 4) is 0 Å². The molecule has 0 spiro atoms. The largest absolute Gasteiger partial charge is 0.329 e. The van der Waals surface area contributed by atoms with Crippen LogP contribution in [-0.2, 0) is 6.42 Å². The number of nitrogens with two attached hydrogens (primary N) is 1. The van der Waals surface area contributed by atoms with E-state index in [1.165, 1.54) is 11.3 Å². The van der Waals surface area contributed by atoms with Gasteiger partial charge in [0, 0.05) is 23.5 Å².